The van der Waals surface area contributed by atoms with E-state index in [2.05, 4.69) is 10.1 Å². The van der Waals surface area contributed by atoms with Gasteiger partial charge in [-0.25, -0.2) is 4.98 Å². The first kappa shape index (κ1) is 23.3. The van der Waals surface area contributed by atoms with Gasteiger partial charge < -0.3 is 9.47 Å². The third kappa shape index (κ3) is 4.91. The molecule has 176 valence electrons. The van der Waals surface area contributed by atoms with Gasteiger partial charge in [-0.05, 0) is 25.1 Å². The molecule has 0 fully saturated rings. The Balaban J connectivity index is 1.90. The van der Waals surface area contributed by atoms with Crippen molar-refractivity contribution in [1.29, 1.82) is 0 Å². The van der Waals surface area contributed by atoms with E-state index >= 15 is 0 Å². The fourth-order valence-electron chi connectivity index (χ4n) is 3.46. The van der Waals surface area contributed by atoms with E-state index in [0.29, 0.717) is 22.3 Å². The highest BCUT2D eigenvalue weighted by Crippen LogP contribution is 2.38. The number of carbonyl (C=O) groups is 1. The standard InChI is InChI=1S/C25H20N4O6/c1-3-34-22-14-17(13-21(29(32)33)23(22)35-16(2)30)15-26-28-24(18-9-5-4-6-10-18)27-20-12-8-7-11-19(20)25(28)31/h4-15H,3H2,1-2H3. The fraction of sp³-hybridized carbons (Fsp3) is 0.120. The number of fused-ring (bicyclic) bond motifs is 1. The van der Waals surface area contributed by atoms with Crippen molar-refractivity contribution in [2.24, 2.45) is 5.10 Å². The number of rotatable bonds is 7. The van der Waals surface area contributed by atoms with Crippen LogP contribution in [0.3, 0.4) is 0 Å². The maximum atomic E-state index is 13.3. The van der Waals surface area contributed by atoms with E-state index in [0.717, 1.165) is 11.6 Å². The second-order valence-electron chi connectivity index (χ2n) is 7.33. The number of ether oxygens (including phenoxy) is 2. The summed E-state index contributed by atoms with van der Waals surface area (Å²) in [7, 11) is 0. The van der Waals surface area contributed by atoms with E-state index < -0.39 is 22.1 Å². The van der Waals surface area contributed by atoms with E-state index in [-0.39, 0.29) is 23.7 Å². The Kier molecular flexibility index (Phi) is 6.63. The third-order valence-corrected chi connectivity index (χ3v) is 4.91. The Hall–Kier alpha value is -4.86. The van der Waals surface area contributed by atoms with Gasteiger partial charge in [-0.15, -0.1) is 0 Å². The molecule has 0 unspecified atom stereocenters. The molecule has 1 aromatic heterocycles. The molecular weight excluding hydrogens is 452 g/mol. The van der Waals surface area contributed by atoms with Gasteiger partial charge in [0, 0.05) is 24.1 Å². The lowest BCUT2D eigenvalue weighted by Crippen LogP contribution is -2.20. The molecule has 4 aromatic rings. The van der Waals surface area contributed by atoms with Crippen LogP contribution in [0, 0.1) is 10.1 Å². The summed E-state index contributed by atoms with van der Waals surface area (Å²) in [5.41, 5.74) is 0.568. The maximum absolute atomic E-state index is 13.3. The first-order valence-corrected chi connectivity index (χ1v) is 10.6. The number of nitro groups is 1. The van der Waals surface area contributed by atoms with Gasteiger partial charge in [0.05, 0.1) is 28.6 Å². The van der Waals surface area contributed by atoms with Gasteiger partial charge in [0.25, 0.3) is 5.56 Å². The quantitative estimate of drug-likeness (QED) is 0.130. The van der Waals surface area contributed by atoms with Gasteiger partial charge in [0.2, 0.25) is 5.75 Å². The van der Waals surface area contributed by atoms with Crippen LogP contribution in [0.2, 0.25) is 0 Å². The van der Waals surface area contributed by atoms with Crippen LogP contribution < -0.4 is 15.0 Å². The Morgan fingerprint density at radius 1 is 1.14 bits per heavy atom. The highest BCUT2D eigenvalue weighted by molar-refractivity contribution is 5.85. The first-order chi connectivity index (χ1) is 16.9. The lowest BCUT2D eigenvalue weighted by atomic mass is 10.1. The minimum Gasteiger partial charge on any atom is -0.490 e. The largest absolute Gasteiger partial charge is 0.490 e. The molecule has 10 nitrogen and oxygen atoms in total. The minimum absolute atomic E-state index is 0.00520. The summed E-state index contributed by atoms with van der Waals surface area (Å²) in [6.07, 6.45) is 1.29. The van der Waals surface area contributed by atoms with Gasteiger partial charge in [-0.2, -0.15) is 9.78 Å². The highest BCUT2D eigenvalue weighted by atomic mass is 16.6. The molecule has 0 aliphatic carbocycles. The molecule has 1 heterocycles. The van der Waals surface area contributed by atoms with Gasteiger partial charge >= 0.3 is 11.7 Å². The molecule has 0 saturated heterocycles. The molecule has 10 heteroatoms. The van der Waals surface area contributed by atoms with E-state index in [1.807, 2.05) is 18.2 Å². The second kappa shape index (κ2) is 9.96. The molecule has 0 bridgehead atoms. The number of para-hydroxylation sites is 1. The topological polar surface area (TPSA) is 126 Å². The fourth-order valence-corrected chi connectivity index (χ4v) is 3.46. The van der Waals surface area contributed by atoms with Crippen molar-refractivity contribution in [3.05, 3.63) is 92.8 Å². The second-order valence-corrected chi connectivity index (χ2v) is 7.33. The number of hydrogen-bond acceptors (Lipinski definition) is 8. The zero-order valence-corrected chi connectivity index (χ0v) is 18.9. The van der Waals surface area contributed by atoms with Crippen LogP contribution in [-0.4, -0.2) is 33.4 Å². The van der Waals surface area contributed by atoms with Gasteiger partial charge in [-0.3, -0.25) is 19.7 Å². The molecule has 0 aliphatic heterocycles. The molecule has 0 amide bonds. The molecule has 0 aliphatic rings. The zero-order chi connectivity index (χ0) is 24.9. The molecule has 0 spiro atoms. The number of benzene rings is 3. The normalized spacial score (nSPS) is 11.0. The predicted octanol–water partition coefficient (Wildman–Crippen LogP) is 4.18. The molecule has 0 N–H and O–H groups in total. The summed E-state index contributed by atoms with van der Waals surface area (Å²) in [5, 5.41) is 16.4. The van der Waals surface area contributed by atoms with Crippen molar-refractivity contribution in [3.63, 3.8) is 0 Å². The van der Waals surface area contributed by atoms with Crippen LogP contribution in [0.1, 0.15) is 19.4 Å². The highest BCUT2D eigenvalue weighted by Gasteiger charge is 2.24. The van der Waals surface area contributed by atoms with Crippen molar-refractivity contribution in [3.8, 4) is 22.9 Å². The molecule has 0 saturated carbocycles. The van der Waals surface area contributed by atoms with Crippen molar-refractivity contribution in [2.75, 3.05) is 6.61 Å². The molecule has 0 atom stereocenters. The maximum Gasteiger partial charge on any atom is 0.316 e. The van der Waals surface area contributed by atoms with E-state index in [9.17, 15) is 19.7 Å². The van der Waals surface area contributed by atoms with E-state index in [1.165, 1.54) is 18.3 Å². The average Bonchev–Trinajstić information content (AvgIpc) is 2.85. The number of nitro benzene ring substituents is 1. The van der Waals surface area contributed by atoms with Crippen molar-refractivity contribution in [2.45, 2.75) is 13.8 Å². The molecule has 35 heavy (non-hydrogen) atoms. The summed E-state index contributed by atoms with van der Waals surface area (Å²) >= 11 is 0. The Morgan fingerprint density at radius 2 is 1.86 bits per heavy atom. The number of carbonyl (C=O) groups excluding carboxylic acids is 1. The van der Waals surface area contributed by atoms with Crippen LogP contribution in [0.5, 0.6) is 11.5 Å². The summed E-state index contributed by atoms with van der Waals surface area (Å²) in [4.78, 5) is 40.4. The van der Waals surface area contributed by atoms with Crippen LogP contribution in [0.25, 0.3) is 22.3 Å². The van der Waals surface area contributed by atoms with Crippen LogP contribution >= 0.6 is 0 Å². The van der Waals surface area contributed by atoms with Crippen molar-refractivity contribution >= 4 is 28.8 Å². The van der Waals surface area contributed by atoms with Crippen LogP contribution in [-0.2, 0) is 4.79 Å². The SMILES string of the molecule is CCOc1cc(C=Nn2c(-c3ccccc3)nc3ccccc3c2=O)cc([N+](=O)[O-])c1OC(C)=O. The number of nitrogens with zero attached hydrogens (tertiary/aromatic N) is 4. The molecular formula is C25H20N4O6. The molecule has 3 aromatic carbocycles. The monoisotopic (exact) mass is 472 g/mol. The zero-order valence-electron chi connectivity index (χ0n) is 18.9. The Morgan fingerprint density at radius 3 is 2.54 bits per heavy atom. The third-order valence-electron chi connectivity index (χ3n) is 4.91. The average molecular weight is 472 g/mol. The number of hydrogen-bond donors (Lipinski definition) is 0. The number of esters is 1. The smallest absolute Gasteiger partial charge is 0.316 e. The van der Waals surface area contributed by atoms with E-state index in [4.69, 9.17) is 9.47 Å². The van der Waals surface area contributed by atoms with Crippen molar-refractivity contribution < 1.29 is 19.2 Å². The minimum atomic E-state index is -0.725. The molecule has 0 radical (unpaired) electrons. The lowest BCUT2D eigenvalue weighted by molar-refractivity contribution is -0.385. The lowest BCUT2D eigenvalue weighted by Gasteiger charge is -2.11. The van der Waals surface area contributed by atoms with Gasteiger partial charge in [0.1, 0.15) is 0 Å². The van der Waals surface area contributed by atoms with Gasteiger partial charge in [0.15, 0.2) is 11.6 Å². The summed E-state index contributed by atoms with van der Waals surface area (Å²) in [6, 6.07) is 18.6. The summed E-state index contributed by atoms with van der Waals surface area (Å²) < 4.78 is 11.7. The molecule has 4 rings (SSSR count). The Labute approximate surface area is 199 Å². The van der Waals surface area contributed by atoms with Gasteiger partial charge in [-0.1, -0.05) is 42.5 Å². The Bertz CT molecular complexity index is 1510. The predicted molar refractivity (Wildman–Crippen MR) is 130 cm³/mol. The summed E-state index contributed by atoms with van der Waals surface area (Å²) in [5.74, 6) is -0.708. The number of aromatic nitrogens is 2. The van der Waals surface area contributed by atoms with E-state index in [1.54, 1.807) is 43.3 Å². The summed E-state index contributed by atoms with van der Waals surface area (Å²) in [6.45, 7) is 3.01. The van der Waals surface area contributed by atoms with Crippen LogP contribution in [0.15, 0.2) is 76.6 Å². The first-order valence-electron chi connectivity index (χ1n) is 10.6. The van der Waals surface area contributed by atoms with Crippen LogP contribution in [0.4, 0.5) is 5.69 Å². The van der Waals surface area contributed by atoms with Crippen molar-refractivity contribution in [1.82, 2.24) is 9.66 Å².